The molecule has 0 unspecified atom stereocenters. The molecule has 2 N–H and O–H groups in total. The minimum Gasteiger partial charge on any atom is -0.383 e. The van der Waals surface area contributed by atoms with E-state index in [4.69, 9.17) is 20.5 Å². The van der Waals surface area contributed by atoms with Gasteiger partial charge in [-0.05, 0) is 6.92 Å². The number of hydrogen-bond donors (Lipinski definition) is 1. The second-order valence-electron chi connectivity index (χ2n) is 3.64. The molecule has 1 aliphatic rings. The van der Waals surface area contributed by atoms with Crippen LogP contribution in [0.4, 0.5) is 5.82 Å². The van der Waals surface area contributed by atoms with E-state index in [1.54, 1.807) is 11.6 Å². The maximum atomic E-state index is 8.86. The van der Waals surface area contributed by atoms with Crippen molar-refractivity contribution < 1.29 is 9.47 Å². The standard InChI is InChI=1S/C10H14N4O2/c1-7-8(6-11)10(12)14(13-7)3-2-9-15-4-5-16-9/h9H,2-5,12H2,1H3. The van der Waals surface area contributed by atoms with E-state index in [0.717, 1.165) is 0 Å². The first-order valence-electron chi connectivity index (χ1n) is 5.18. The minimum absolute atomic E-state index is 0.172. The number of nitriles is 1. The quantitative estimate of drug-likeness (QED) is 0.800. The lowest BCUT2D eigenvalue weighted by Crippen LogP contribution is -2.14. The van der Waals surface area contributed by atoms with Gasteiger partial charge in [0.1, 0.15) is 17.5 Å². The average molecular weight is 222 g/mol. The van der Waals surface area contributed by atoms with Gasteiger partial charge in [-0.1, -0.05) is 0 Å². The third-order valence-corrected chi connectivity index (χ3v) is 2.55. The molecule has 0 radical (unpaired) electrons. The predicted molar refractivity (Wildman–Crippen MR) is 56.4 cm³/mol. The SMILES string of the molecule is Cc1nn(CCC2OCCO2)c(N)c1C#N. The van der Waals surface area contributed by atoms with Gasteiger partial charge < -0.3 is 15.2 Å². The minimum atomic E-state index is -0.172. The van der Waals surface area contributed by atoms with E-state index in [1.165, 1.54) is 0 Å². The van der Waals surface area contributed by atoms with Gasteiger partial charge in [-0.15, -0.1) is 0 Å². The summed E-state index contributed by atoms with van der Waals surface area (Å²) >= 11 is 0. The molecule has 6 nitrogen and oxygen atoms in total. The fourth-order valence-electron chi connectivity index (χ4n) is 1.71. The number of ether oxygens (including phenoxy) is 2. The first-order valence-corrected chi connectivity index (χ1v) is 5.18. The molecular weight excluding hydrogens is 208 g/mol. The molecule has 2 heterocycles. The first kappa shape index (κ1) is 10.9. The molecule has 86 valence electrons. The Bertz CT molecular complexity index is 415. The summed E-state index contributed by atoms with van der Waals surface area (Å²) in [5.74, 6) is 0.415. The van der Waals surface area contributed by atoms with Gasteiger partial charge in [0.15, 0.2) is 6.29 Å². The largest absolute Gasteiger partial charge is 0.383 e. The average Bonchev–Trinajstić information content (AvgIpc) is 2.85. The van der Waals surface area contributed by atoms with Gasteiger partial charge in [-0.3, -0.25) is 0 Å². The van der Waals surface area contributed by atoms with Crippen molar-refractivity contribution in [3.63, 3.8) is 0 Å². The van der Waals surface area contributed by atoms with Crippen molar-refractivity contribution in [3.05, 3.63) is 11.3 Å². The molecule has 1 aromatic heterocycles. The Morgan fingerprint density at radius 1 is 1.56 bits per heavy atom. The molecule has 1 aromatic rings. The topological polar surface area (TPSA) is 86.1 Å². The Kier molecular flexibility index (Phi) is 3.08. The van der Waals surface area contributed by atoms with Gasteiger partial charge in [-0.25, -0.2) is 4.68 Å². The summed E-state index contributed by atoms with van der Waals surface area (Å²) in [6.07, 6.45) is 0.519. The fourth-order valence-corrected chi connectivity index (χ4v) is 1.71. The molecule has 2 rings (SSSR count). The van der Waals surface area contributed by atoms with E-state index in [1.807, 2.05) is 6.07 Å². The van der Waals surface area contributed by atoms with Gasteiger partial charge >= 0.3 is 0 Å². The number of aryl methyl sites for hydroxylation is 2. The van der Waals surface area contributed by atoms with Crippen LogP contribution in [0, 0.1) is 18.3 Å². The summed E-state index contributed by atoms with van der Waals surface area (Å²) in [6.45, 7) is 3.65. The number of anilines is 1. The molecule has 0 atom stereocenters. The molecule has 0 aromatic carbocycles. The molecule has 6 heteroatoms. The van der Waals surface area contributed by atoms with E-state index in [2.05, 4.69) is 5.10 Å². The summed E-state index contributed by atoms with van der Waals surface area (Å²) < 4.78 is 12.2. The lowest BCUT2D eigenvalue weighted by molar-refractivity contribution is -0.0494. The Morgan fingerprint density at radius 2 is 2.25 bits per heavy atom. The molecule has 1 fully saturated rings. The Morgan fingerprint density at radius 3 is 2.81 bits per heavy atom. The Labute approximate surface area is 93.5 Å². The second kappa shape index (κ2) is 4.51. The number of nitrogen functional groups attached to an aromatic ring is 1. The van der Waals surface area contributed by atoms with Crippen molar-refractivity contribution in [1.82, 2.24) is 9.78 Å². The number of rotatable bonds is 3. The highest BCUT2D eigenvalue weighted by atomic mass is 16.7. The van der Waals surface area contributed by atoms with Crippen LogP contribution in [-0.4, -0.2) is 29.3 Å². The Balaban J connectivity index is 2.01. The smallest absolute Gasteiger partial charge is 0.159 e. The second-order valence-corrected chi connectivity index (χ2v) is 3.64. The molecule has 16 heavy (non-hydrogen) atoms. The van der Waals surface area contributed by atoms with Crippen LogP contribution in [-0.2, 0) is 16.0 Å². The molecule has 0 bridgehead atoms. The van der Waals surface area contributed by atoms with E-state index >= 15 is 0 Å². The van der Waals surface area contributed by atoms with Gasteiger partial charge in [0, 0.05) is 13.0 Å². The van der Waals surface area contributed by atoms with Gasteiger partial charge in [-0.2, -0.15) is 10.4 Å². The van der Waals surface area contributed by atoms with Crippen molar-refractivity contribution in [2.45, 2.75) is 26.2 Å². The number of hydrogen-bond acceptors (Lipinski definition) is 5. The van der Waals surface area contributed by atoms with E-state index in [0.29, 0.717) is 43.3 Å². The molecule has 0 aliphatic carbocycles. The number of nitrogens with two attached hydrogens (primary N) is 1. The monoisotopic (exact) mass is 222 g/mol. The molecule has 0 spiro atoms. The van der Waals surface area contributed by atoms with Crippen LogP contribution < -0.4 is 5.73 Å². The Hall–Kier alpha value is -1.58. The van der Waals surface area contributed by atoms with Gasteiger partial charge in [0.25, 0.3) is 0 Å². The molecule has 1 saturated heterocycles. The van der Waals surface area contributed by atoms with Crippen molar-refractivity contribution in [3.8, 4) is 6.07 Å². The maximum absolute atomic E-state index is 8.86. The summed E-state index contributed by atoms with van der Waals surface area (Å²) in [5, 5.41) is 13.1. The highest BCUT2D eigenvalue weighted by Gasteiger charge is 2.17. The third-order valence-electron chi connectivity index (χ3n) is 2.55. The van der Waals surface area contributed by atoms with E-state index < -0.39 is 0 Å². The zero-order chi connectivity index (χ0) is 11.5. The van der Waals surface area contributed by atoms with Crippen molar-refractivity contribution in [2.75, 3.05) is 18.9 Å². The van der Waals surface area contributed by atoms with Crippen molar-refractivity contribution in [2.24, 2.45) is 0 Å². The van der Waals surface area contributed by atoms with Crippen molar-refractivity contribution in [1.29, 1.82) is 5.26 Å². The van der Waals surface area contributed by atoms with Crippen LogP contribution in [0.5, 0.6) is 0 Å². The molecule has 1 aliphatic heterocycles. The summed E-state index contributed by atoms with van der Waals surface area (Å²) in [6, 6.07) is 2.04. The summed E-state index contributed by atoms with van der Waals surface area (Å²) in [5.41, 5.74) is 6.91. The maximum Gasteiger partial charge on any atom is 0.159 e. The fraction of sp³-hybridized carbons (Fsp3) is 0.600. The predicted octanol–water partition coefficient (Wildman–Crippen LogP) is 0.408. The van der Waals surface area contributed by atoms with Crippen molar-refractivity contribution >= 4 is 5.82 Å². The molecular formula is C10H14N4O2. The number of aromatic nitrogens is 2. The number of nitrogens with zero attached hydrogens (tertiary/aromatic N) is 3. The van der Waals surface area contributed by atoms with Gasteiger partial charge in [0.2, 0.25) is 0 Å². The normalized spacial score (nSPS) is 16.5. The van der Waals surface area contributed by atoms with Crippen LogP contribution in [0.3, 0.4) is 0 Å². The zero-order valence-electron chi connectivity index (χ0n) is 9.14. The van der Waals surface area contributed by atoms with Gasteiger partial charge in [0.05, 0.1) is 18.9 Å². The first-order chi connectivity index (χ1) is 7.72. The highest BCUT2D eigenvalue weighted by molar-refractivity contribution is 5.51. The van der Waals surface area contributed by atoms with Crippen LogP contribution in [0.2, 0.25) is 0 Å². The zero-order valence-corrected chi connectivity index (χ0v) is 9.14. The van der Waals surface area contributed by atoms with Crippen LogP contribution in [0.1, 0.15) is 17.7 Å². The van der Waals surface area contributed by atoms with Crippen LogP contribution in [0.25, 0.3) is 0 Å². The van der Waals surface area contributed by atoms with Crippen LogP contribution in [0.15, 0.2) is 0 Å². The lowest BCUT2D eigenvalue weighted by atomic mass is 10.3. The highest BCUT2D eigenvalue weighted by Crippen LogP contribution is 2.16. The van der Waals surface area contributed by atoms with Crippen LogP contribution >= 0.6 is 0 Å². The summed E-state index contributed by atoms with van der Waals surface area (Å²) in [4.78, 5) is 0. The molecule has 0 saturated carbocycles. The lowest BCUT2D eigenvalue weighted by Gasteiger charge is -2.09. The molecule has 0 amide bonds. The van der Waals surface area contributed by atoms with E-state index in [9.17, 15) is 0 Å². The third kappa shape index (κ3) is 2.01. The summed E-state index contributed by atoms with van der Waals surface area (Å²) in [7, 11) is 0. The van der Waals surface area contributed by atoms with E-state index in [-0.39, 0.29) is 6.29 Å².